The number of rotatable bonds is 6. The van der Waals surface area contributed by atoms with E-state index in [1.54, 1.807) is 26.2 Å². The zero-order valence-electron chi connectivity index (χ0n) is 16.1. The van der Waals surface area contributed by atoms with Gasteiger partial charge in [0, 0.05) is 7.11 Å². The van der Waals surface area contributed by atoms with Crippen molar-refractivity contribution in [3.63, 3.8) is 0 Å². The third-order valence-corrected chi connectivity index (χ3v) is 5.32. The molecule has 0 aliphatic carbocycles. The number of aliphatic hydroxyl groups is 3. The molecule has 1 aliphatic rings. The zero-order valence-corrected chi connectivity index (χ0v) is 17.7. The highest BCUT2D eigenvalue weighted by Gasteiger charge is 2.44. The summed E-state index contributed by atoms with van der Waals surface area (Å²) in [6.45, 7) is 1.70. The molecule has 4 rings (SSSR count). The van der Waals surface area contributed by atoms with Gasteiger partial charge in [0.25, 0.3) is 0 Å². The van der Waals surface area contributed by atoms with Gasteiger partial charge in [0.15, 0.2) is 27.9 Å². The number of hydrogen-bond acceptors (Lipinski definition) is 10. The summed E-state index contributed by atoms with van der Waals surface area (Å²) in [5.41, 5.74) is 1.29. The molecular weight excluding hydrogens is 462 g/mol. The van der Waals surface area contributed by atoms with Gasteiger partial charge in [-0.05, 0) is 35.0 Å². The van der Waals surface area contributed by atoms with Crippen molar-refractivity contribution in [2.24, 2.45) is 4.99 Å². The van der Waals surface area contributed by atoms with Gasteiger partial charge in [-0.2, -0.15) is 0 Å². The summed E-state index contributed by atoms with van der Waals surface area (Å²) in [7, 11) is 1.59. The molecule has 1 aliphatic heterocycles. The fraction of sp³-hybridized carbons (Fsp3) is 0.444. The number of fused-ring (bicyclic) bond motifs is 1. The molecule has 12 heteroatoms. The summed E-state index contributed by atoms with van der Waals surface area (Å²) in [6, 6.07) is 3.60. The van der Waals surface area contributed by atoms with Crippen LogP contribution in [-0.4, -0.2) is 72.6 Å². The van der Waals surface area contributed by atoms with E-state index in [4.69, 9.17) is 13.9 Å². The molecule has 0 saturated carbocycles. The first-order valence-electron chi connectivity index (χ1n) is 9.08. The van der Waals surface area contributed by atoms with E-state index in [-0.39, 0.29) is 0 Å². The molecule has 0 aromatic carbocycles. The van der Waals surface area contributed by atoms with E-state index in [1.807, 2.05) is 0 Å². The van der Waals surface area contributed by atoms with Crippen molar-refractivity contribution in [1.29, 1.82) is 0 Å². The van der Waals surface area contributed by atoms with Gasteiger partial charge in [0.2, 0.25) is 0 Å². The van der Waals surface area contributed by atoms with Gasteiger partial charge in [-0.25, -0.2) is 19.9 Å². The second-order valence-electron chi connectivity index (χ2n) is 6.75. The number of aliphatic imine (C=N–C) groups is 1. The first-order valence-corrected chi connectivity index (χ1v) is 9.88. The van der Waals surface area contributed by atoms with Crippen molar-refractivity contribution in [2.45, 2.75) is 38.1 Å². The lowest BCUT2D eigenvalue weighted by atomic mass is 10.1. The van der Waals surface area contributed by atoms with Crippen LogP contribution in [0.4, 0.5) is 5.82 Å². The third-order valence-electron chi connectivity index (χ3n) is 4.76. The highest BCUT2D eigenvalue weighted by molar-refractivity contribution is 9.10. The fourth-order valence-electron chi connectivity index (χ4n) is 3.28. The first-order chi connectivity index (χ1) is 14.4. The molecule has 0 bridgehead atoms. The molecule has 4 unspecified atom stereocenters. The van der Waals surface area contributed by atoms with E-state index in [0.29, 0.717) is 45.6 Å². The minimum atomic E-state index is -1.28. The Bertz CT molecular complexity index is 1080. The van der Waals surface area contributed by atoms with Crippen molar-refractivity contribution < 1.29 is 29.2 Å². The van der Waals surface area contributed by atoms with Crippen molar-refractivity contribution in [3.05, 3.63) is 34.7 Å². The quantitative estimate of drug-likeness (QED) is 0.347. The van der Waals surface area contributed by atoms with Gasteiger partial charge < -0.3 is 29.2 Å². The lowest BCUT2D eigenvalue weighted by molar-refractivity contribution is -0.0521. The van der Waals surface area contributed by atoms with Gasteiger partial charge in [-0.15, -0.1) is 0 Å². The van der Waals surface area contributed by atoms with Crippen LogP contribution in [0.25, 0.3) is 11.2 Å². The van der Waals surface area contributed by atoms with Crippen LogP contribution in [0.3, 0.4) is 0 Å². The Hall–Kier alpha value is -2.22. The maximum absolute atomic E-state index is 10.4. The van der Waals surface area contributed by atoms with E-state index in [0.717, 1.165) is 0 Å². The van der Waals surface area contributed by atoms with Crippen LogP contribution in [0.15, 0.2) is 32.6 Å². The summed E-state index contributed by atoms with van der Waals surface area (Å²) in [5, 5.41) is 29.8. The summed E-state index contributed by atoms with van der Waals surface area (Å²) in [4.78, 5) is 17.4. The van der Waals surface area contributed by atoms with E-state index in [1.165, 1.54) is 10.9 Å². The van der Waals surface area contributed by atoms with Crippen molar-refractivity contribution >= 4 is 38.6 Å². The van der Waals surface area contributed by atoms with Gasteiger partial charge in [-0.1, -0.05) is 0 Å². The Morgan fingerprint density at radius 3 is 2.80 bits per heavy atom. The van der Waals surface area contributed by atoms with Gasteiger partial charge >= 0.3 is 0 Å². The van der Waals surface area contributed by atoms with Crippen molar-refractivity contribution in [1.82, 2.24) is 19.5 Å². The Labute approximate surface area is 179 Å². The largest absolute Gasteiger partial charge is 0.457 e. The number of furan rings is 1. The van der Waals surface area contributed by atoms with Crippen LogP contribution in [0.2, 0.25) is 0 Å². The molecule has 4 atom stereocenters. The number of nitrogens with zero attached hydrogens (tertiary/aromatic N) is 5. The smallest absolute Gasteiger partial charge is 0.183 e. The van der Waals surface area contributed by atoms with E-state index in [2.05, 4.69) is 35.9 Å². The summed E-state index contributed by atoms with van der Waals surface area (Å²) >= 11 is 3.34. The van der Waals surface area contributed by atoms with Gasteiger partial charge in [-0.3, -0.25) is 4.57 Å². The molecule has 160 valence electrons. The predicted molar refractivity (Wildman–Crippen MR) is 107 cm³/mol. The molecule has 0 amide bonds. The first kappa shape index (κ1) is 21.0. The lowest BCUT2D eigenvalue weighted by Crippen LogP contribution is -2.33. The average Bonchev–Trinajstić information content (AvgIpc) is 3.40. The van der Waals surface area contributed by atoms with Gasteiger partial charge in [0.05, 0.1) is 12.3 Å². The topological polar surface area (TPSA) is 148 Å². The van der Waals surface area contributed by atoms with Crippen LogP contribution in [0.1, 0.15) is 24.7 Å². The summed E-state index contributed by atoms with van der Waals surface area (Å²) in [6.07, 6.45) is -3.12. The minimum absolute atomic E-state index is 0.299. The maximum Gasteiger partial charge on any atom is 0.183 e. The molecule has 11 nitrogen and oxygen atoms in total. The van der Waals surface area contributed by atoms with E-state index in [9.17, 15) is 15.3 Å². The van der Waals surface area contributed by atoms with E-state index >= 15 is 0 Å². The monoisotopic (exact) mass is 481 g/mol. The van der Waals surface area contributed by atoms with Crippen molar-refractivity contribution in [3.8, 4) is 0 Å². The fourth-order valence-corrected chi connectivity index (χ4v) is 3.82. The number of aliphatic hydroxyl groups excluding tert-OH is 3. The number of halogens is 1. The molecule has 30 heavy (non-hydrogen) atoms. The molecule has 0 radical (unpaired) electrons. The number of methoxy groups -OCH3 is 1. The van der Waals surface area contributed by atoms with Crippen LogP contribution in [0, 0.1) is 0 Å². The highest BCUT2D eigenvalue weighted by atomic mass is 79.9. The minimum Gasteiger partial charge on any atom is -0.457 e. The predicted octanol–water partition coefficient (Wildman–Crippen LogP) is 1.08. The molecular formula is C18H20BrN5O6. The zero-order chi connectivity index (χ0) is 21.4. The number of ether oxygens (including phenoxy) is 2. The second-order valence-corrected chi connectivity index (χ2v) is 7.45. The standard InChI is InChI=1S/C18H20BrN5O6/c1-8(10-4-3-9(29-10)6-28-2)22-15-12-16(21-7-20-15)24(18(19)23-12)17-14(27)13(26)11(5-25)30-17/h3-4,7,11,13-14,17,25-27H,5-6H2,1-2H3. The Kier molecular flexibility index (Phi) is 5.95. The van der Waals surface area contributed by atoms with Gasteiger partial charge in [0.1, 0.15) is 42.8 Å². The second kappa shape index (κ2) is 8.49. The molecule has 4 heterocycles. The van der Waals surface area contributed by atoms with Crippen LogP contribution in [0.5, 0.6) is 0 Å². The molecule has 3 aromatic rings. The lowest BCUT2D eigenvalue weighted by Gasteiger charge is -2.17. The Balaban J connectivity index is 1.72. The number of hydrogen-bond donors (Lipinski definition) is 3. The SMILES string of the molecule is COCc1ccc(C(C)=Nc2ncnc3c2nc(Br)n3C2OC(CO)C(O)C2O)o1. The van der Waals surface area contributed by atoms with Crippen LogP contribution >= 0.6 is 15.9 Å². The summed E-state index contributed by atoms with van der Waals surface area (Å²) < 4.78 is 18.1. The Morgan fingerprint density at radius 1 is 1.30 bits per heavy atom. The third kappa shape index (κ3) is 3.66. The van der Waals surface area contributed by atoms with Crippen molar-refractivity contribution in [2.75, 3.05) is 13.7 Å². The molecule has 1 fully saturated rings. The Morgan fingerprint density at radius 2 is 2.10 bits per heavy atom. The van der Waals surface area contributed by atoms with E-state index < -0.39 is 31.1 Å². The summed E-state index contributed by atoms with van der Waals surface area (Å²) in [5.74, 6) is 1.54. The molecule has 3 N–H and O–H groups in total. The molecule has 3 aromatic heterocycles. The average molecular weight is 482 g/mol. The molecule has 1 saturated heterocycles. The normalized spacial score (nSPS) is 24.8. The van der Waals surface area contributed by atoms with Crippen LogP contribution < -0.4 is 0 Å². The number of aromatic nitrogens is 4. The highest BCUT2D eigenvalue weighted by Crippen LogP contribution is 2.35. The molecule has 0 spiro atoms. The number of imidazole rings is 1. The van der Waals surface area contributed by atoms with Crippen LogP contribution in [-0.2, 0) is 16.1 Å². The maximum atomic E-state index is 10.4.